The van der Waals surface area contributed by atoms with Crippen LogP contribution in [-0.2, 0) is 12.8 Å². The summed E-state index contributed by atoms with van der Waals surface area (Å²) in [7, 11) is 2.31. The highest BCUT2D eigenvalue weighted by Gasteiger charge is 2.41. The molecular weight excluding hydrogens is 419 g/mol. The Balaban J connectivity index is 0.00000225. The third kappa shape index (κ3) is 5.41. The number of fused-ring (bicyclic) bond motifs is 3. The zero-order chi connectivity index (χ0) is 16.8. The molecule has 142 valence electrons. The Morgan fingerprint density at radius 3 is 2.56 bits per heavy atom. The van der Waals surface area contributed by atoms with E-state index in [0.717, 1.165) is 5.92 Å². The quantitative estimate of drug-likeness (QED) is 0.344. The van der Waals surface area contributed by atoms with E-state index in [1.54, 1.807) is 11.1 Å². The number of H-pyrrole nitrogens is 1. The van der Waals surface area contributed by atoms with Crippen LogP contribution in [0, 0.1) is 5.92 Å². The number of hydrogen-bond acceptors (Lipinski definition) is 1. The molecular formula is C22H37IN2. The Labute approximate surface area is 172 Å². The van der Waals surface area contributed by atoms with Gasteiger partial charge >= 0.3 is 0 Å². The fourth-order valence-corrected chi connectivity index (χ4v) is 4.97. The Bertz CT molecular complexity index is 517. The van der Waals surface area contributed by atoms with Gasteiger partial charge in [0.05, 0.1) is 23.2 Å². The van der Waals surface area contributed by atoms with Gasteiger partial charge in [0.1, 0.15) is 11.9 Å². The standard InChI is InChI=1S/C22H37N2.HI/c1-3-4-5-6-7-8-9-10-11-21-19-13-12-18-15-17-24(2)22(18)20(19)14-16-23-21;/h14,16,18,22-23H,3-13,15,17H2,1-2H3;1H/q+1;/p-1/t18-,22+;/m0./s1. The summed E-state index contributed by atoms with van der Waals surface area (Å²) in [5, 5.41) is 0. The molecule has 0 radical (unpaired) electrons. The number of pyridine rings is 1. The van der Waals surface area contributed by atoms with Gasteiger partial charge in [-0.3, -0.25) is 9.88 Å². The number of aromatic nitrogens is 1. The third-order valence-corrected chi connectivity index (χ3v) is 6.37. The number of nitrogens with one attached hydrogen (secondary N) is 1. The summed E-state index contributed by atoms with van der Waals surface area (Å²) >= 11 is 0. The first-order valence-electron chi connectivity index (χ1n) is 10.5. The van der Waals surface area contributed by atoms with Crippen LogP contribution in [-0.4, -0.2) is 23.5 Å². The molecule has 0 saturated carbocycles. The lowest BCUT2D eigenvalue weighted by atomic mass is 9.79. The van der Waals surface area contributed by atoms with E-state index in [-0.39, 0.29) is 24.0 Å². The maximum Gasteiger partial charge on any atom is 0.119 e. The maximum atomic E-state index is 3.59. The van der Waals surface area contributed by atoms with Crippen molar-refractivity contribution in [3.8, 4) is 0 Å². The number of rotatable bonds is 9. The van der Waals surface area contributed by atoms with Crippen LogP contribution < -0.4 is 24.0 Å². The average molecular weight is 456 g/mol. The minimum absolute atomic E-state index is 0. The zero-order valence-electron chi connectivity index (χ0n) is 16.3. The highest BCUT2D eigenvalue weighted by molar-refractivity contribution is 5.36. The van der Waals surface area contributed by atoms with Gasteiger partial charge < -0.3 is 24.0 Å². The molecule has 1 aromatic heterocycles. The van der Waals surface area contributed by atoms with Crippen LogP contribution in [0.25, 0.3) is 0 Å². The Morgan fingerprint density at radius 1 is 1.08 bits per heavy atom. The van der Waals surface area contributed by atoms with Crippen molar-refractivity contribution in [1.82, 2.24) is 9.88 Å². The van der Waals surface area contributed by atoms with E-state index in [0.29, 0.717) is 6.04 Å². The van der Waals surface area contributed by atoms with Crippen molar-refractivity contribution in [2.24, 2.45) is 5.92 Å². The second kappa shape index (κ2) is 10.9. The minimum Gasteiger partial charge on any atom is -1.00 e. The number of likely N-dealkylation sites (tertiary alicyclic amines) is 1. The molecule has 1 fully saturated rings. The molecule has 0 unspecified atom stereocenters. The monoisotopic (exact) mass is 456 g/mol. The summed E-state index contributed by atoms with van der Waals surface area (Å²) in [4.78, 5) is 6.18. The van der Waals surface area contributed by atoms with E-state index >= 15 is 0 Å². The van der Waals surface area contributed by atoms with Crippen LogP contribution in [0.15, 0.2) is 12.3 Å². The Hall–Kier alpha value is -0.160. The molecule has 3 heteroatoms. The first-order chi connectivity index (χ1) is 11.8. The number of hydrogen-bond donors (Lipinski definition) is 1. The summed E-state index contributed by atoms with van der Waals surface area (Å²) < 4.78 is 0. The van der Waals surface area contributed by atoms with Crippen LogP contribution in [0.1, 0.15) is 94.0 Å². The molecule has 2 atom stereocenters. The van der Waals surface area contributed by atoms with Crippen molar-refractivity contribution in [2.45, 2.75) is 90.0 Å². The molecule has 0 spiro atoms. The number of aromatic amines is 1. The van der Waals surface area contributed by atoms with Crippen molar-refractivity contribution >= 4 is 0 Å². The van der Waals surface area contributed by atoms with Gasteiger partial charge in [-0.1, -0.05) is 51.9 Å². The van der Waals surface area contributed by atoms with E-state index in [9.17, 15) is 0 Å². The van der Waals surface area contributed by atoms with E-state index in [2.05, 4.69) is 36.1 Å². The summed E-state index contributed by atoms with van der Waals surface area (Å²) in [5.41, 5.74) is 4.84. The molecule has 0 aromatic carbocycles. The molecule has 2 aliphatic rings. The summed E-state index contributed by atoms with van der Waals surface area (Å²) in [6.45, 7) is 3.57. The molecule has 25 heavy (non-hydrogen) atoms. The van der Waals surface area contributed by atoms with Crippen LogP contribution in [0.4, 0.5) is 0 Å². The number of aryl methyl sites for hydroxylation is 1. The highest BCUT2D eigenvalue weighted by atomic mass is 127. The topological polar surface area (TPSA) is 19.0 Å². The normalized spacial score (nSPS) is 22.3. The van der Waals surface area contributed by atoms with Crippen LogP contribution in [0.5, 0.6) is 0 Å². The van der Waals surface area contributed by atoms with Gasteiger partial charge in [-0.15, -0.1) is 0 Å². The summed E-state index contributed by atoms with van der Waals surface area (Å²) in [6, 6.07) is 3.06. The van der Waals surface area contributed by atoms with E-state index < -0.39 is 0 Å². The Morgan fingerprint density at radius 2 is 1.80 bits per heavy atom. The number of unbranched alkanes of at least 4 members (excludes halogenated alkanes) is 7. The second-order valence-electron chi connectivity index (χ2n) is 8.13. The largest absolute Gasteiger partial charge is 1.00 e. The lowest BCUT2D eigenvalue weighted by molar-refractivity contribution is -0.00000522. The predicted octanol–water partition coefficient (Wildman–Crippen LogP) is 2.92. The van der Waals surface area contributed by atoms with Gasteiger partial charge in [0.25, 0.3) is 0 Å². The van der Waals surface area contributed by atoms with Gasteiger partial charge in [0.15, 0.2) is 0 Å². The third-order valence-electron chi connectivity index (χ3n) is 6.37. The molecule has 0 amide bonds. The lowest BCUT2D eigenvalue weighted by Crippen LogP contribution is -3.00. The maximum absolute atomic E-state index is 3.59. The molecule has 1 N–H and O–H groups in total. The fourth-order valence-electron chi connectivity index (χ4n) is 4.97. The van der Waals surface area contributed by atoms with Gasteiger partial charge in [0, 0.05) is 6.42 Å². The first-order valence-corrected chi connectivity index (χ1v) is 10.5. The van der Waals surface area contributed by atoms with Crippen LogP contribution >= 0.6 is 0 Å². The van der Waals surface area contributed by atoms with Crippen LogP contribution in [0.3, 0.4) is 0 Å². The molecule has 3 rings (SSSR count). The average Bonchev–Trinajstić information content (AvgIpc) is 2.99. The molecule has 1 aliphatic heterocycles. The molecule has 1 aliphatic carbocycles. The van der Waals surface area contributed by atoms with Gasteiger partial charge in [-0.2, -0.15) is 0 Å². The molecule has 1 aromatic rings. The number of halogens is 1. The summed E-state index contributed by atoms with van der Waals surface area (Å²) in [5.74, 6) is 0.904. The van der Waals surface area contributed by atoms with E-state index in [4.69, 9.17) is 0 Å². The fraction of sp³-hybridized carbons (Fsp3) is 0.773. The van der Waals surface area contributed by atoms with Crippen LogP contribution in [0.2, 0.25) is 0 Å². The SMILES string of the molecule is CCCCCCCCCC[c+]1[nH]ccc2c1CC[C@H]1CCN(C)[C@@H]21.[I-]. The first kappa shape index (κ1) is 21.1. The summed E-state index contributed by atoms with van der Waals surface area (Å²) in [6.07, 6.45) is 18.8. The van der Waals surface area contributed by atoms with Crippen molar-refractivity contribution < 1.29 is 24.0 Å². The zero-order valence-corrected chi connectivity index (χ0v) is 18.5. The van der Waals surface area contributed by atoms with Gasteiger partial charge in [-0.05, 0) is 45.2 Å². The van der Waals surface area contributed by atoms with Crippen molar-refractivity contribution in [1.29, 1.82) is 0 Å². The molecule has 1 saturated heterocycles. The second-order valence-corrected chi connectivity index (χ2v) is 8.13. The molecule has 0 bridgehead atoms. The lowest BCUT2D eigenvalue weighted by Gasteiger charge is -2.28. The van der Waals surface area contributed by atoms with Crippen molar-refractivity contribution in [3.05, 3.63) is 29.1 Å². The Kier molecular flexibility index (Phi) is 9.18. The van der Waals surface area contributed by atoms with E-state index in [1.165, 1.54) is 89.3 Å². The highest BCUT2D eigenvalue weighted by Crippen LogP contribution is 2.44. The molecule has 2 nitrogen and oxygen atoms in total. The van der Waals surface area contributed by atoms with E-state index in [1.807, 2.05) is 0 Å². The minimum atomic E-state index is 0. The van der Waals surface area contributed by atoms with Gasteiger partial charge in [0.2, 0.25) is 0 Å². The molecule has 2 heterocycles. The number of nitrogens with zero attached hydrogens (tertiary/aromatic N) is 1. The van der Waals surface area contributed by atoms with Crippen molar-refractivity contribution in [2.75, 3.05) is 13.6 Å². The smallest absolute Gasteiger partial charge is 0.119 e. The van der Waals surface area contributed by atoms with Gasteiger partial charge in [-0.25, -0.2) is 0 Å². The predicted molar refractivity (Wildman–Crippen MR) is 103 cm³/mol. The van der Waals surface area contributed by atoms with Crippen molar-refractivity contribution in [3.63, 3.8) is 0 Å².